The Morgan fingerprint density at radius 1 is 1.30 bits per heavy atom. The van der Waals surface area contributed by atoms with Crippen molar-refractivity contribution in [2.45, 2.75) is 64.8 Å². The molecule has 1 aliphatic heterocycles. The number of carbonyl (C=O) groups excluding carboxylic acids is 1. The Hall–Kier alpha value is -2.28. The minimum Gasteiger partial charge on any atom is -0.376 e. The van der Waals surface area contributed by atoms with Crippen molar-refractivity contribution in [1.82, 2.24) is 10.2 Å². The van der Waals surface area contributed by atoms with Gasteiger partial charge in [0.15, 0.2) is 0 Å². The molecule has 2 aliphatic rings. The standard InChI is InChI=1S/C23H31N3O/c1-3-22(20-9-8-18-6-4-5-7-19(18)14-20)25-23(27)21(15-24)16-26-12-10-17(2)11-13-26/h8-9,14,16-17,22H,3-7,10-13H2,1-2H3,(H,25,27)/b21-16-. The van der Waals surface area contributed by atoms with Crippen LogP contribution in [0.15, 0.2) is 30.0 Å². The lowest BCUT2D eigenvalue weighted by molar-refractivity contribution is -0.117. The van der Waals surface area contributed by atoms with Gasteiger partial charge >= 0.3 is 0 Å². The van der Waals surface area contributed by atoms with Crippen molar-refractivity contribution in [3.63, 3.8) is 0 Å². The summed E-state index contributed by atoms with van der Waals surface area (Å²) in [5.41, 5.74) is 4.23. The lowest BCUT2D eigenvalue weighted by Crippen LogP contribution is -2.32. The predicted octanol–water partition coefficient (Wildman–Crippen LogP) is 4.27. The average Bonchev–Trinajstić information content (AvgIpc) is 2.71. The number of hydrogen-bond donors (Lipinski definition) is 1. The number of fused-ring (bicyclic) bond motifs is 1. The zero-order valence-electron chi connectivity index (χ0n) is 16.6. The van der Waals surface area contributed by atoms with Crippen molar-refractivity contribution < 1.29 is 4.79 Å². The van der Waals surface area contributed by atoms with Crippen molar-refractivity contribution in [3.8, 4) is 6.07 Å². The van der Waals surface area contributed by atoms with Crippen LogP contribution in [0.3, 0.4) is 0 Å². The molecule has 3 rings (SSSR count). The van der Waals surface area contributed by atoms with Gasteiger partial charge in [-0.3, -0.25) is 4.79 Å². The number of hydrogen-bond acceptors (Lipinski definition) is 3. The molecule has 1 atom stereocenters. The Morgan fingerprint density at radius 2 is 2.00 bits per heavy atom. The number of carbonyl (C=O) groups is 1. The van der Waals surface area contributed by atoms with Gasteiger partial charge in [-0.25, -0.2) is 0 Å². The van der Waals surface area contributed by atoms with Crippen LogP contribution >= 0.6 is 0 Å². The van der Waals surface area contributed by atoms with E-state index in [1.165, 1.54) is 24.0 Å². The fraction of sp³-hybridized carbons (Fsp3) is 0.565. The second-order valence-corrected chi connectivity index (χ2v) is 8.04. The summed E-state index contributed by atoms with van der Waals surface area (Å²) in [5, 5.41) is 12.6. The van der Waals surface area contributed by atoms with E-state index in [4.69, 9.17) is 0 Å². The van der Waals surface area contributed by atoms with Gasteiger partial charge in [0.1, 0.15) is 11.6 Å². The zero-order chi connectivity index (χ0) is 19.2. The first-order valence-electron chi connectivity index (χ1n) is 10.4. The molecule has 1 N–H and O–H groups in total. The van der Waals surface area contributed by atoms with Gasteiger partial charge in [0.2, 0.25) is 0 Å². The normalized spacial score (nSPS) is 19.1. The van der Waals surface area contributed by atoms with E-state index in [-0.39, 0.29) is 17.5 Å². The lowest BCUT2D eigenvalue weighted by atomic mass is 9.88. The molecule has 0 aromatic heterocycles. The maximum absolute atomic E-state index is 12.7. The maximum Gasteiger partial charge on any atom is 0.263 e. The highest BCUT2D eigenvalue weighted by atomic mass is 16.1. The molecule has 1 aromatic rings. The van der Waals surface area contributed by atoms with Crippen LogP contribution < -0.4 is 5.32 Å². The second kappa shape index (κ2) is 9.08. The largest absolute Gasteiger partial charge is 0.376 e. The Morgan fingerprint density at radius 3 is 2.67 bits per heavy atom. The molecule has 1 unspecified atom stereocenters. The van der Waals surface area contributed by atoms with Gasteiger partial charge in [-0.05, 0) is 67.6 Å². The molecule has 0 spiro atoms. The van der Waals surface area contributed by atoms with Gasteiger partial charge in [-0.15, -0.1) is 0 Å². The predicted molar refractivity (Wildman–Crippen MR) is 108 cm³/mol. The molecule has 0 radical (unpaired) electrons. The van der Waals surface area contributed by atoms with Crippen molar-refractivity contribution in [2.75, 3.05) is 13.1 Å². The highest BCUT2D eigenvalue weighted by Gasteiger charge is 2.20. The Labute approximate surface area is 163 Å². The minimum atomic E-state index is -0.263. The zero-order valence-corrected chi connectivity index (χ0v) is 16.6. The summed E-state index contributed by atoms with van der Waals surface area (Å²) in [4.78, 5) is 14.8. The number of piperidine rings is 1. The van der Waals surface area contributed by atoms with Gasteiger partial charge in [-0.1, -0.05) is 32.0 Å². The van der Waals surface area contributed by atoms with Gasteiger partial charge in [0.05, 0.1) is 6.04 Å². The Bertz CT molecular complexity index is 738. The summed E-state index contributed by atoms with van der Waals surface area (Å²) in [5.74, 6) is 0.461. The first-order valence-corrected chi connectivity index (χ1v) is 10.4. The number of rotatable bonds is 5. The van der Waals surface area contributed by atoms with Crippen LogP contribution in [0.2, 0.25) is 0 Å². The summed E-state index contributed by atoms with van der Waals surface area (Å²) < 4.78 is 0. The number of nitriles is 1. The topological polar surface area (TPSA) is 56.1 Å². The molecule has 1 heterocycles. The third-order valence-corrected chi connectivity index (χ3v) is 5.98. The number of nitrogens with zero attached hydrogens (tertiary/aromatic N) is 2. The highest BCUT2D eigenvalue weighted by molar-refractivity contribution is 5.97. The van der Waals surface area contributed by atoms with Gasteiger partial charge in [0.25, 0.3) is 5.91 Å². The van der Waals surface area contributed by atoms with Crippen molar-refractivity contribution in [1.29, 1.82) is 5.26 Å². The van der Waals surface area contributed by atoms with Crippen LogP contribution in [0.4, 0.5) is 0 Å². The highest BCUT2D eigenvalue weighted by Crippen LogP contribution is 2.26. The van der Waals surface area contributed by atoms with E-state index in [0.717, 1.165) is 56.7 Å². The van der Waals surface area contributed by atoms with Crippen molar-refractivity contribution in [3.05, 3.63) is 46.7 Å². The summed E-state index contributed by atoms with van der Waals surface area (Å²) >= 11 is 0. The fourth-order valence-electron chi connectivity index (χ4n) is 4.11. The average molecular weight is 366 g/mol. The maximum atomic E-state index is 12.7. The molecular weight excluding hydrogens is 334 g/mol. The first kappa shape index (κ1) is 19.5. The molecule has 1 fully saturated rings. The number of amides is 1. The van der Waals surface area contributed by atoms with Crippen LogP contribution in [0.1, 0.15) is 68.7 Å². The molecule has 4 heteroatoms. The molecule has 0 saturated carbocycles. The minimum absolute atomic E-state index is 0.0529. The van der Waals surface area contributed by atoms with Gasteiger partial charge in [-0.2, -0.15) is 5.26 Å². The monoisotopic (exact) mass is 365 g/mol. The first-order chi connectivity index (χ1) is 13.1. The summed E-state index contributed by atoms with van der Waals surface area (Å²) in [6.45, 7) is 6.17. The summed E-state index contributed by atoms with van der Waals surface area (Å²) in [6.07, 6.45) is 9.60. The summed E-state index contributed by atoms with van der Waals surface area (Å²) in [7, 11) is 0. The van der Waals surface area contributed by atoms with Crippen LogP contribution in [-0.4, -0.2) is 23.9 Å². The molecule has 1 amide bonds. The van der Waals surface area contributed by atoms with Gasteiger partial charge in [0, 0.05) is 19.3 Å². The molecular formula is C23H31N3O. The summed E-state index contributed by atoms with van der Waals surface area (Å²) in [6, 6.07) is 8.66. The quantitative estimate of drug-likeness (QED) is 0.626. The van der Waals surface area contributed by atoms with Crippen LogP contribution in [0.25, 0.3) is 0 Å². The molecule has 1 aliphatic carbocycles. The van der Waals surface area contributed by atoms with E-state index in [1.54, 1.807) is 6.20 Å². The number of benzene rings is 1. The molecule has 1 saturated heterocycles. The Balaban J connectivity index is 1.69. The smallest absolute Gasteiger partial charge is 0.263 e. The number of aryl methyl sites for hydroxylation is 2. The van der Waals surface area contributed by atoms with Crippen molar-refractivity contribution >= 4 is 5.91 Å². The van der Waals surface area contributed by atoms with E-state index < -0.39 is 0 Å². The molecule has 144 valence electrons. The number of nitrogens with one attached hydrogen (secondary N) is 1. The van der Waals surface area contributed by atoms with Crippen molar-refractivity contribution in [2.24, 2.45) is 5.92 Å². The molecule has 4 nitrogen and oxygen atoms in total. The van der Waals surface area contributed by atoms with Gasteiger partial charge < -0.3 is 10.2 Å². The Kier molecular flexibility index (Phi) is 6.55. The fourth-order valence-corrected chi connectivity index (χ4v) is 4.11. The lowest BCUT2D eigenvalue weighted by Gasteiger charge is -2.29. The van der Waals surface area contributed by atoms with E-state index in [2.05, 4.69) is 48.3 Å². The number of likely N-dealkylation sites (tertiary alicyclic amines) is 1. The van der Waals surface area contributed by atoms with Crippen LogP contribution in [0, 0.1) is 17.2 Å². The second-order valence-electron chi connectivity index (χ2n) is 8.04. The SMILES string of the molecule is CCC(NC(=O)/C(C#N)=C\N1CCC(C)CC1)c1ccc2c(c1)CCCC2. The molecule has 0 bridgehead atoms. The van der Waals surface area contributed by atoms with E-state index in [9.17, 15) is 10.1 Å². The van der Waals surface area contributed by atoms with E-state index in [0.29, 0.717) is 0 Å². The molecule has 27 heavy (non-hydrogen) atoms. The van der Waals surface area contributed by atoms with Crippen LogP contribution in [0.5, 0.6) is 0 Å². The van der Waals surface area contributed by atoms with E-state index in [1.807, 2.05) is 0 Å². The molecule has 1 aromatic carbocycles. The third-order valence-electron chi connectivity index (χ3n) is 5.98. The van der Waals surface area contributed by atoms with Crippen LogP contribution in [-0.2, 0) is 17.6 Å². The van der Waals surface area contributed by atoms with E-state index >= 15 is 0 Å². The third kappa shape index (κ3) is 4.91.